The first-order valence-electron chi connectivity index (χ1n) is 6.93. The second kappa shape index (κ2) is 8.09. The maximum atomic E-state index is 5.85. The molecule has 1 heterocycles. The summed E-state index contributed by atoms with van der Waals surface area (Å²) in [6.07, 6.45) is 0.950. The Morgan fingerprint density at radius 3 is 2.90 bits per heavy atom. The van der Waals surface area contributed by atoms with E-state index in [9.17, 15) is 0 Å². The maximum Gasteiger partial charge on any atom is 0.192 e. The highest BCUT2D eigenvalue weighted by molar-refractivity contribution is 7.98. The number of thioether (sulfide) groups is 1. The average molecular weight is 324 g/mol. The van der Waals surface area contributed by atoms with Crippen LogP contribution in [0.25, 0.3) is 0 Å². The standard InChI is InChI=1S/C14H20N4OS2/c1-3-10-7-11(15-4-2)5-6-12(10)19-9-21-8-13-16-14(20)18-17-13/h5-7,15H,3-4,8-9H2,1-2H3,(H2,16,17,18,20). The van der Waals surface area contributed by atoms with Gasteiger partial charge in [-0.15, -0.1) is 11.8 Å². The Bertz CT molecular complexity index is 623. The van der Waals surface area contributed by atoms with Gasteiger partial charge in [0, 0.05) is 12.2 Å². The van der Waals surface area contributed by atoms with Crippen molar-refractivity contribution in [1.82, 2.24) is 15.2 Å². The van der Waals surface area contributed by atoms with Crippen molar-refractivity contribution >= 4 is 29.7 Å². The van der Waals surface area contributed by atoms with Gasteiger partial charge in [0.05, 0.1) is 5.75 Å². The molecule has 0 saturated heterocycles. The Kier molecular flexibility index (Phi) is 6.13. The molecule has 1 aromatic carbocycles. The Labute approximate surface area is 133 Å². The lowest BCUT2D eigenvalue weighted by atomic mass is 10.1. The largest absolute Gasteiger partial charge is 0.483 e. The van der Waals surface area contributed by atoms with Crippen molar-refractivity contribution in [2.45, 2.75) is 26.0 Å². The molecule has 1 aromatic heterocycles. The molecule has 0 fully saturated rings. The van der Waals surface area contributed by atoms with Gasteiger partial charge in [-0.3, -0.25) is 5.10 Å². The van der Waals surface area contributed by atoms with Gasteiger partial charge < -0.3 is 15.0 Å². The van der Waals surface area contributed by atoms with Crippen LogP contribution in [0, 0.1) is 4.77 Å². The number of rotatable bonds is 8. The molecule has 114 valence electrons. The van der Waals surface area contributed by atoms with Crippen molar-refractivity contribution in [2.24, 2.45) is 0 Å². The van der Waals surface area contributed by atoms with Gasteiger partial charge in [0.1, 0.15) is 17.5 Å². The molecule has 0 saturated carbocycles. The molecule has 0 aliphatic carbocycles. The van der Waals surface area contributed by atoms with E-state index in [0.29, 0.717) is 10.7 Å². The topological polar surface area (TPSA) is 65.7 Å². The summed E-state index contributed by atoms with van der Waals surface area (Å²) in [7, 11) is 0. The van der Waals surface area contributed by atoms with E-state index < -0.39 is 0 Å². The van der Waals surface area contributed by atoms with Crippen LogP contribution in [0.1, 0.15) is 25.2 Å². The van der Waals surface area contributed by atoms with Crippen LogP contribution < -0.4 is 10.1 Å². The SMILES string of the molecule is CCNc1ccc(OCSCc2n[nH]c(=S)[nH]2)c(CC)c1. The third-order valence-electron chi connectivity index (χ3n) is 2.91. The molecule has 0 aliphatic heterocycles. The van der Waals surface area contributed by atoms with Crippen LogP contribution >= 0.6 is 24.0 Å². The summed E-state index contributed by atoms with van der Waals surface area (Å²) in [4.78, 5) is 2.98. The lowest BCUT2D eigenvalue weighted by molar-refractivity contribution is 0.388. The number of benzene rings is 1. The van der Waals surface area contributed by atoms with E-state index >= 15 is 0 Å². The molecule has 7 heteroatoms. The van der Waals surface area contributed by atoms with Crippen molar-refractivity contribution in [3.8, 4) is 5.75 Å². The van der Waals surface area contributed by atoms with Crippen LogP contribution in [0.3, 0.4) is 0 Å². The van der Waals surface area contributed by atoms with Gasteiger partial charge in [-0.25, -0.2) is 0 Å². The van der Waals surface area contributed by atoms with Crippen molar-refractivity contribution in [3.05, 3.63) is 34.4 Å². The summed E-state index contributed by atoms with van der Waals surface area (Å²) < 4.78 is 6.40. The highest BCUT2D eigenvalue weighted by atomic mass is 32.2. The molecule has 2 rings (SSSR count). The second-order valence-electron chi connectivity index (χ2n) is 4.44. The lowest BCUT2D eigenvalue weighted by Gasteiger charge is -2.12. The van der Waals surface area contributed by atoms with Crippen molar-refractivity contribution in [2.75, 3.05) is 17.8 Å². The average Bonchev–Trinajstić information content (AvgIpc) is 2.90. The van der Waals surface area contributed by atoms with E-state index in [1.54, 1.807) is 11.8 Å². The van der Waals surface area contributed by atoms with Crippen molar-refractivity contribution in [3.63, 3.8) is 0 Å². The molecule has 0 bridgehead atoms. The predicted octanol–water partition coefficient (Wildman–Crippen LogP) is 3.73. The van der Waals surface area contributed by atoms with E-state index in [1.165, 1.54) is 5.56 Å². The molecule has 0 spiro atoms. The number of aromatic amines is 2. The summed E-state index contributed by atoms with van der Waals surface area (Å²) in [5, 5.41) is 10.1. The zero-order chi connectivity index (χ0) is 15.1. The summed E-state index contributed by atoms with van der Waals surface area (Å²) in [6, 6.07) is 6.22. The molecule has 0 aliphatic rings. The quantitative estimate of drug-likeness (QED) is 0.392. The fourth-order valence-corrected chi connectivity index (χ4v) is 2.71. The third-order valence-corrected chi connectivity index (χ3v) is 3.86. The number of anilines is 1. The fourth-order valence-electron chi connectivity index (χ4n) is 1.93. The number of nitrogens with one attached hydrogen (secondary N) is 3. The molecule has 0 radical (unpaired) electrons. The van der Waals surface area contributed by atoms with Gasteiger partial charge in [0.15, 0.2) is 4.77 Å². The summed E-state index contributed by atoms with van der Waals surface area (Å²) in [6.45, 7) is 5.14. The molecule has 0 unspecified atom stereocenters. The van der Waals surface area contributed by atoms with Crippen LogP contribution in [0.5, 0.6) is 5.75 Å². The Balaban J connectivity index is 1.86. The van der Waals surface area contributed by atoms with Crippen LogP contribution in [0.15, 0.2) is 18.2 Å². The van der Waals surface area contributed by atoms with E-state index in [2.05, 4.69) is 40.4 Å². The number of aryl methyl sites for hydroxylation is 1. The zero-order valence-corrected chi connectivity index (χ0v) is 13.9. The van der Waals surface area contributed by atoms with Gasteiger partial charge in [-0.05, 0) is 49.3 Å². The monoisotopic (exact) mass is 324 g/mol. The molecular weight excluding hydrogens is 304 g/mol. The minimum Gasteiger partial charge on any atom is -0.483 e. The summed E-state index contributed by atoms with van der Waals surface area (Å²) >= 11 is 6.58. The summed E-state index contributed by atoms with van der Waals surface area (Å²) in [5.41, 5.74) is 2.35. The minimum absolute atomic E-state index is 0.554. The number of aromatic nitrogens is 3. The predicted molar refractivity (Wildman–Crippen MR) is 90.5 cm³/mol. The zero-order valence-electron chi connectivity index (χ0n) is 12.2. The Morgan fingerprint density at radius 1 is 1.38 bits per heavy atom. The van der Waals surface area contributed by atoms with Crippen LogP contribution in [-0.4, -0.2) is 27.7 Å². The van der Waals surface area contributed by atoms with Crippen molar-refractivity contribution < 1.29 is 4.74 Å². The normalized spacial score (nSPS) is 10.6. The first-order valence-corrected chi connectivity index (χ1v) is 8.50. The molecule has 2 aromatic rings. The van der Waals surface area contributed by atoms with Gasteiger partial charge in [-0.1, -0.05) is 6.92 Å². The molecule has 0 atom stereocenters. The smallest absolute Gasteiger partial charge is 0.192 e. The van der Waals surface area contributed by atoms with Gasteiger partial charge in [0.2, 0.25) is 0 Å². The highest BCUT2D eigenvalue weighted by Gasteiger charge is 2.04. The van der Waals surface area contributed by atoms with E-state index in [-0.39, 0.29) is 0 Å². The van der Waals surface area contributed by atoms with Gasteiger partial charge in [0.25, 0.3) is 0 Å². The number of hydrogen-bond acceptors (Lipinski definition) is 5. The van der Waals surface area contributed by atoms with Gasteiger partial charge in [-0.2, -0.15) is 5.10 Å². The van der Waals surface area contributed by atoms with Crippen LogP contribution in [0.4, 0.5) is 5.69 Å². The van der Waals surface area contributed by atoms with E-state index in [1.807, 2.05) is 12.1 Å². The molecule has 21 heavy (non-hydrogen) atoms. The molecule has 3 N–H and O–H groups in total. The maximum absolute atomic E-state index is 5.85. The number of H-pyrrole nitrogens is 2. The molecule has 0 amide bonds. The van der Waals surface area contributed by atoms with Gasteiger partial charge >= 0.3 is 0 Å². The third kappa shape index (κ3) is 4.78. The first-order chi connectivity index (χ1) is 10.2. The van der Waals surface area contributed by atoms with Crippen molar-refractivity contribution in [1.29, 1.82) is 0 Å². The summed E-state index contributed by atoms with van der Waals surface area (Å²) in [5.74, 6) is 3.11. The first kappa shape index (κ1) is 15.9. The Hall–Kier alpha value is -1.47. The fraction of sp³-hybridized carbons (Fsp3) is 0.429. The van der Waals surface area contributed by atoms with Crippen LogP contribution in [0.2, 0.25) is 0 Å². The van der Waals surface area contributed by atoms with Crippen LogP contribution in [-0.2, 0) is 12.2 Å². The lowest BCUT2D eigenvalue weighted by Crippen LogP contribution is -2.01. The van der Waals surface area contributed by atoms with E-state index in [4.69, 9.17) is 17.0 Å². The Morgan fingerprint density at radius 2 is 2.24 bits per heavy atom. The second-order valence-corrected chi connectivity index (χ2v) is 5.78. The molecular formula is C14H20N4OS2. The number of ether oxygens (including phenoxy) is 1. The number of hydrogen-bond donors (Lipinski definition) is 3. The van der Waals surface area contributed by atoms with E-state index in [0.717, 1.165) is 36.0 Å². The number of nitrogens with zero attached hydrogens (tertiary/aromatic N) is 1. The molecule has 5 nitrogen and oxygen atoms in total. The minimum atomic E-state index is 0.554. The highest BCUT2D eigenvalue weighted by Crippen LogP contribution is 2.24.